The molecule has 0 aliphatic heterocycles. The van der Waals surface area contributed by atoms with E-state index in [-0.39, 0.29) is 11.1 Å². The number of nitrogen functional groups attached to an aromatic ring is 1. The van der Waals surface area contributed by atoms with Gasteiger partial charge in [-0.05, 0) is 44.7 Å². The molecule has 1 aliphatic carbocycles. The number of hydrogen-bond acceptors (Lipinski definition) is 4. The zero-order chi connectivity index (χ0) is 13.6. The van der Waals surface area contributed by atoms with Crippen molar-refractivity contribution in [2.45, 2.75) is 32.2 Å². The first kappa shape index (κ1) is 12.0. The lowest BCUT2D eigenvalue weighted by Gasteiger charge is -2.28. The number of nitrogens with zero attached hydrogens (tertiary/aromatic N) is 1. The normalized spacial score (nSPS) is 15.7. The number of rotatable bonds is 3. The summed E-state index contributed by atoms with van der Waals surface area (Å²) in [4.78, 5) is 18.4. The van der Waals surface area contributed by atoms with E-state index in [0.717, 1.165) is 5.69 Å². The predicted octanol–water partition coefficient (Wildman–Crippen LogP) is 2.11. The molecule has 5 nitrogen and oxygen atoms in total. The highest BCUT2D eigenvalue weighted by Gasteiger charge is 2.37. The molecule has 0 bridgehead atoms. The second-order valence-corrected chi connectivity index (χ2v) is 5.81. The molecule has 0 radical (unpaired) electrons. The highest BCUT2D eigenvalue weighted by Crippen LogP contribution is 2.42. The first-order chi connectivity index (χ1) is 8.97. The van der Waals surface area contributed by atoms with Crippen LogP contribution in [0.2, 0.25) is 0 Å². The van der Waals surface area contributed by atoms with E-state index < -0.39 is 0 Å². The van der Waals surface area contributed by atoms with E-state index in [1.807, 2.05) is 6.07 Å². The molecular formula is C14H18N4O. The molecule has 100 valence electrons. The van der Waals surface area contributed by atoms with Crippen LogP contribution in [0.4, 0.5) is 11.4 Å². The summed E-state index contributed by atoms with van der Waals surface area (Å²) in [7, 11) is 0. The number of nitrogens with two attached hydrogens (primary N) is 1. The fourth-order valence-corrected chi connectivity index (χ4v) is 2.49. The lowest BCUT2D eigenvalue weighted by atomic mass is 9.98. The van der Waals surface area contributed by atoms with Gasteiger partial charge in [0.1, 0.15) is 0 Å². The molecule has 2 aromatic rings. The van der Waals surface area contributed by atoms with Crippen molar-refractivity contribution in [3.8, 4) is 0 Å². The van der Waals surface area contributed by atoms with Gasteiger partial charge in [-0.25, -0.2) is 4.98 Å². The third-order valence-corrected chi connectivity index (χ3v) is 3.87. The second kappa shape index (κ2) is 3.98. The molecule has 0 unspecified atom stereocenters. The first-order valence-corrected chi connectivity index (χ1v) is 6.52. The average molecular weight is 258 g/mol. The maximum atomic E-state index is 11.7. The van der Waals surface area contributed by atoms with Crippen LogP contribution >= 0.6 is 0 Å². The maximum absolute atomic E-state index is 11.7. The molecular weight excluding hydrogens is 240 g/mol. The lowest BCUT2D eigenvalue weighted by molar-refractivity contribution is 0.495. The molecule has 1 heterocycles. The summed E-state index contributed by atoms with van der Waals surface area (Å²) in [6.07, 6.45) is 3.92. The summed E-state index contributed by atoms with van der Waals surface area (Å²) >= 11 is 0. The van der Waals surface area contributed by atoms with Crippen molar-refractivity contribution in [1.82, 2.24) is 9.97 Å². The summed E-state index contributed by atoms with van der Waals surface area (Å²) < 4.78 is 0. The van der Waals surface area contributed by atoms with Crippen molar-refractivity contribution in [1.29, 1.82) is 0 Å². The monoisotopic (exact) mass is 258 g/mol. The van der Waals surface area contributed by atoms with Crippen LogP contribution in [0, 0.1) is 5.92 Å². The zero-order valence-corrected chi connectivity index (χ0v) is 11.2. The van der Waals surface area contributed by atoms with Gasteiger partial charge < -0.3 is 16.0 Å². The topological polar surface area (TPSA) is 83.8 Å². The third-order valence-electron chi connectivity index (χ3n) is 3.87. The molecule has 1 aromatic heterocycles. The van der Waals surface area contributed by atoms with Gasteiger partial charge in [0.2, 0.25) is 0 Å². The van der Waals surface area contributed by atoms with Gasteiger partial charge in [-0.15, -0.1) is 0 Å². The number of H-pyrrole nitrogens is 1. The molecule has 19 heavy (non-hydrogen) atoms. The van der Waals surface area contributed by atoms with E-state index >= 15 is 0 Å². The van der Waals surface area contributed by atoms with Crippen LogP contribution in [0.25, 0.3) is 10.9 Å². The number of anilines is 2. The molecule has 0 spiro atoms. The number of benzene rings is 1. The van der Waals surface area contributed by atoms with Gasteiger partial charge in [0.15, 0.2) is 0 Å². The van der Waals surface area contributed by atoms with E-state index in [2.05, 4.69) is 29.1 Å². The van der Waals surface area contributed by atoms with Crippen LogP contribution in [0.1, 0.15) is 26.7 Å². The van der Waals surface area contributed by atoms with Gasteiger partial charge in [-0.1, -0.05) is 0 Å². The Kier molecular flexibility index (Phi) is 2.52. The highest BCUT2D eigenvalue weighted by atomic mass is 16.1. The summed E-state index contributed by atoms with van der Waals surface area (Å²) in [5, 5.41) is 4.01. The largest absolute Gasteiger partial charge is 0.397 e. The van der Waals surface area contributed by atoms with Gasteiger partial charge in [0.25, 0.3) is 5.56 Å². The number of hydrogen-bond donors (Lipinski definition) is 3. The second-order valence-electron chi connectivity index (χ2n) is 5.81. The van der Waals surface area contributed by atoms with Crippen molar-refractivity contribution in [2.24, 2.45) is 5.92 Å². The van der Waals surface area contributed by atoms with E-state index in [0.29, 0.717) is 22.5 Å². The molecule has 5 heteroatoms. The Bertz CT molecular complexity index is 685. The van der Waals surface area contributed by atoms with Gasteiger partial charge >= 0.3 is 0 Å². The van der Waals surface area contributed by atoms with Gasteiger partial charge in [-0.3, -0.25) is 4.79 Å². The fourth-order valence-electron chi connectivity index (χ4n) is 2.49. The smallest absolute Gasteiger partial charge is 0.258 e. The zero-order valence-electron chi connectivity index (χ0n) is 11.2. The Balaban J connectivity index is 2.04. The fraction of sp³-hybridized carbons (Fsp3) is 0.429. The van der Waals surface area contributed by atoms with Crippen LogP contribution in [0.3, 0.4) is 0 Å². The summed E-state index contributed by atoms with van der Waals surface area (Å²) in [6, 6.07) is 3.54. The van der Waals surface area contributed by atoms with Gasteiger partial charge in [-0.2, -0.15) is 0 Å². The highest BCUT2D eigenvalue weighted by molar-refractivity contribution is 5.88. The minimum Gasteiger partial charge on any atom is -0.397 e. The van der Waals surface area contributed by atoms with Crippen molar-refractivity contribution < 1.29 is 0 Å². The summed E-state index contributed by atoms with van der Waals surface area (Å²) in [6.45, 7) is 4.36. The van der Waals surface area contributed by atoms with Gasteiger partial charge in [0.05, 0.1) is 28.6 Å². The Morgan fingerprint density at radius 1 is 1.42 bits per heavy atom. The molecule has 1 fully saturated rings. The molecule has 0 atom stereocenters. The molecule has 1 saturated carbocycles. The Hall–Kier alpha value is -2.04. The summed E-state index contributed by atoms with van der Waals surface area (Å²) in [5.41, 5.74) is 7.99. The molecule has 0 saturated heterocycles. The number of aromatic amines is 1. The van der Waals surface area contributed by atoms with Crippen molar-refractivity contribution in [3.63, 3.8) is 0 Å². The van der Waals surface area contributed by atoms with Crippen molar-refractivity contribution in [2.75, 3.05) is 11.1 Å². The minimum absolute atomic E-state index is 0.0169. The maximum Gasteiger partial charge on any atom is 0.258 e. The molecule has 4 N–H and O–H groups in total. The van der Waals surface area contributed by atoms with Gasteiger partial charge in [0, 0.05) is 5.54 Å². The van der Waals surface area contributed by atoms with E-state index in [1.54, 1.807) is 6.07 Å². The number of fused-ring (bicyclic) bond motifs is 1. The van der Waals surface area contributed by atoms with Crippen LogP contribution in [0.15, 0.2) is 23.3 Å². The van der Waals surface area contributed by atoms with Crippen molar-refractivity contribution in [3.05, 3.63) is 28.8 Å². The van der Waals surface area contributed by atoms with Crippen LogP contribution in [-0.4, -0.2) is 15.5 Å². The van der Waals surface area contributed by atoms with Crippen LogP contribution in [0.5, 0.6) is 0 Å². The Labute approximate surface area is 111 Å². The quantitative estimate of drug-likeness (QED) is 0.736. The SMILES string of the molecule is CC(C)(Nc1cc2nc[nH]c(=O)c2cc1N)C1CC1. The number of aromatic nitrogens is 2. The molecule has 1 aliphatic rings. The van der Waals surface area contributed by atoms with Crippen molar-refractivity contribution >= 4 is 22.3 Å². The third kappa shape index (κ3) is 2.16. The van der Waals surface area contributed by atoms with E-state index in [1.165, 1.54) is 19.2 Å². The molecule has 1 aromatic carbocycles. The standard InChI is InChI=1S/C14H18N4O/c1-14(2,8-3-4-8)18-12-6-11-9(5-10(12)15)13(19)17-7-16-11/h5-8,18H,3-4,15H2,1-2H3,(H,16,17,19). The van der Waals surface area contributed by atoms with Crippen LogP contribution < -0.4 is 16.6 Å². The summed E-state index contributed by atoms with van der Waals surface area (Å²) in [5.74, 6) is 0.690. The molecule has 3 rings (SSSR count). The van der Waals surface area contributed by atoms with E-state index in [4.69, 9.17) is 5.73 Å². The lowest BCUT2D eigenvalue weighted by Crippen LogP contribution is -2.33. The minimum atomic E-state index is -0.162. The predicted molar refractivity (Wildman–Crippen MR) is 77.2 cm³/mol. The average Bonchev–Trinajstić information content (AvgIpc) is 3.15. The Morgan fingerprint density at radius 3 is 2.84 bits per heavy atom. The van der Waals surface area contributed by atoms with Crippen LogP contribution in [-0.2, 0) is 0 Å². The molecule has 0 amide bonds. The van der Waals surface area contributed by atoms with E-state index in [9.17, 15) is 4.79 Å². The Morgan fingerprint density at radius 2 is 2.16 bits per heavy atom. The first-order valence-electron chi connectivity index (χ1n) is 6.52. The number of nitrogens with one attached hydrogen (secondary N) is 2.